The number of likely N-dealkylation sites (tertiary alicyclic amines) is 1. The van der Waals surface area contributed by atoms with E-state index in [1.54, 1.807) is 15.3 Å². The second-order valence-electron chi connectivity index (χ2n) is 9.56. The lowest BCUT2D eigenvalue weighted by atomic mass is 9.97. The van der Waals surface area contributed by atoms with Crippen molar-refractivity contribution in [2.24, 2.45) is 0 Å². The first-order valence-corrected chi connectivity index (χ1v) is 13.3. The lowest BCUT2D eigenvalue weighted by Crippen LogP contribution is -3.11. The molecule has 168 valence electrons. The van der Waals surface area contributed by atoms with Crippen LogP contribution in [0.4, 0.5) is 11.6 Å². The van der Waals surface area contributed by atoms with E-state index in [1.165, 1.54) is 79.9 Å². The van der Waals surface area contributed by atoms with Crippen LogP contribution in [0.25, 0.3) is 10.2 Å². The van der Waals surface area contributed by atoms with E-state index >= 15 is 0 Å². The topological polar surface area (TPSA) is 50.8 Å². The van der Waals surface area contributed by atoms with Gasteiger partial charge < -0.3 is 9.80 Å². The second kappa shape index (κ2) is 8.94. The number of aromatic nitrogens is 3. The average Bonchev–Trinajstić information content (AvgIpc) is 3.23. The van der Waals surface area contributed by atoms with Crippen LogP contribution in [0.1, 0.15) is 48.4 Å². The van der Waals surface area contributed by atoms with E-state index in [9.17, 15) is 0 Å². The molecule has 0 spiro atoms. The molecule has 6 nitrogen and oxygen atoms in total. The molecule has 2 N–H and O–H groups in total. The zero-order chi connectivity index (χ0) is 21.3. The van der Waals surface area contributed by atoms with Gasteiger partial charge in [0.05, 0.1) is 37.8 Å². The molecule has 0 amide bonds. The van der Waals surface area contributed by atoms with E-state index in [0.29, 0.717) is 0 Å². The summed E-state index contributed by atoms with van der Waals surface area (Å²) in [4.78, 5) is 23.3. The summed E-state index contributed by atoms with van der Waals surface area (Å²) in [5.41, 5.74) is 1.56. The molecule has 0 radical (unpaired) electrons. The number of nitrogens with zero attached hydrogens (tertiary/aromatic N) is 4. The minimum atomic E-state index is 0.977. The van der Waals surface area contributed by atoms with Gasteiger partial charge in [-0.3, -0.25) is 4.90 Å². The largest absolute Gasteiger partial charge is 0.348 e. The summed E-state index contributed by atoms with van der Waals surface area (Å²) >= 11 is 1.95. The van der Waals surface area contributed by atoms with E-state index in [1.807, 2.05) is 23.6 Å². The Hall–Kier alpha value is -2.25. The number of pyridine rings is 1. The zero-order valence-electron chi connectivity index (χ0n) is 18.9. The van der Waals surface area contributed by atoms with Crippen LogP contribution in [0, 0.1) is 0 Å². The summed E-state index contributed by atoms with van der Waals surface area (Å²) in [7, 11) is 0. The normalized spacial score (nSPS) is 20.0. The van der Waals surface area contributed by atoms with Gasteiger partial charge in [0.1, 0.15) is 30.3 Å². The number of hydrogen-bond acceptors (Lipinski definition) is 5. The molecule has 0 atom stereocenters. The summed E-state index contributed by atoms with van der Waals surface area (Å²) in [6, 6.07) is 6.33. The molecule has 1 aliphatic carbocycles. The van der Waals surface area contributed by atoms with Crippen molar-refractivity contribution in [1.29, 1.82) is 0 Å². The summed E-state index contributed by atoms with van der Waals surface area (Å²) in [6.45, 7) is 7.57. The number of thiophene rings is 1. The maximum atomic E-state index is 5.27. The first-order chi connectivity index (χ1) is 15.8. The highest BCUT2D eigenvalue weighted by Gasteiger charge is 2.29. The van der Waals surface area contributed by atoms with Gasteiger partial charge in [-0.1, -0.05) is 6.07 Å². The van der Waals surface area contributed by atoms with Crippen LogP contribution in [0.2, 0.25) is 0 Å². The minimum Gasteiger partial charge on any atom is -0.348 e. The van der Waals surface area contributed by atoms with E-state index in [2.05, 4.69) is 26.9 Å². The highest BCUT2D eigenvalue weighted by Crippen LogP contribution is 2.40. The van der Waals surface area contributed by atoms with Gasteiger partial charge in [-0.25, -0.2) is 15.0 Å². The number of H-pyrrole nitrogens is 1. The smallest absolute Gasteiger partial charge is 0.274 e. The first kappa shape index (κ1) is 20.4. The fourth-order valence-electron chi connectivity index (χ4n) is 5.68. The third kappa shape index (κ3) is 3.97. The Bertz CT molecular complexity index is 1070. The molecule has 5 heterocycles. The number of quaternary nitrogens is 1. The molecule has 3 aromatic rings. The molecule has 2 saturated heterocycles. The van der Waals surface area contributed by atoms with E-state index in [-0.39, 0.29) is 0 Å². The molecule has 0 aromatic carbocycles. The highest BCUT2D eigenvalue weighted by atomic mass is 32.1. The number of piperidine rings is 1. The van der Waals surface area contributed by atoms with Gasteiger partial charge in [0, 0.05) is 10.9 Å². The third-order valence-electron chi connectivity index (χ3n) is 7.42. The van der Waals surface area contributed by atoms with E-state index in [4.69, 9.17) is 9.97 Å². The van der Waals surface area contributed by atoms with Crippen molar-refractivity contribution in [2.75, 3.05) is 49.1 Å². The zero-order valence-corrected chi connectivity index (χ0v) is 19.7. The number of aryl methyl sites for hydroxylation is 2. The van der Waals surface area contributed by atoms with Gasteiger partial charge in [-0.15, -0.1) is 11.3 Å². The van der Waals surface area contributed by atoms with Crippen molar-refractivity contribution >= 4 is 33.2 Å². The van der Waals surface area contributed by atoms with Crippen LogP contribution in [0.3, 0.4) is 0 Å². The first-order valence-electron chi connectivity index (χ1n) is 12.5. The van der Waals surface area contributed by atoms with Crippen molar-refractivity contribution in [3.05, 3.63) is 40.7 Å². The number of hydrogen-bond donors (Lipinski definition) is 1. The van der Waals surface area contributed by atoms with Crippen LogP contribution in [0.15, 0.2) is 24.4 Å². The van der Waals surface area contributed by atoms with Gasteiger partial charge in [-0.2, -0.15) is 0 Å². The quantitative estimate of drug-likeness (QED) is 0.663. The maximum absolute atomic E-state index is 5.27. The molecular formula is C25H34N6S+2. The van der Waals surface area contributed by atoms with Crippen LogP contribution < -0.4 is 19.7 Å². The predicted octanol–water partition coefficient (Wildman–Crippen LogP) is 2.28. The molecule has 0 unspecified atom stereocenters. The van der Waals surface area contributed by atoms with Gasteiger partial charge in [0.15, 0.2) is 5.82 Å². The minimum absolute atomic E-state index is 0.977. The fourth-order valence-corrected chi connectivity index (χ4v) is 6.96. The Morgan fingerprint density at radius 2 is 1.72 bits per heavy atom. The summed E-state index contributed by atoms with van der Waals surface area (Å²) in [6.07, 6.45) is 11.1. The molecule has 32 heavy (non-hydrogen) atoms. The van der Waals surface area contributed by atoms with Crippen LogP contribution in [0.5, 0.6) is 0 Å². The van der Waals surface area contributed by atoms with Gasteiger partial charge in [0.25, 0.3) is 5.82 Å². The number of anilines is 2. The Morgan fingerprint density at radius 3 is 2.53 bits per heavy atom. The lowest BCUT2D eigenvalue weighted by Gasteiger charge is -2.32. The molecule has 3 aromatic heterocycles. The summed E-state index contributed by atoms with van der Waals surface area (Å²) in [5, 5.41) is 1.38. The molecule has 0 saturated carbocycles. The molecule has 0 bridgehead atoms. The van der Waals surface area contributed by atoms with Crippen LogP contribution in [-0.2, 0) is 19.4 Å². The average molecular weight is 451 g/mol. The molecular weight excluding hydrogens is 416 g/mol. The van der Waals surface area contributed by atoms with Gasteiger partial charge in [-0.05, 0) is 56.6 Å². The number of rotatable bonds is 4. The molecule has 7 heteroatoms. The monoisotopic (exact) mass is 450 g/mol. The van der Waals surface area contributed by atoms with Crippen molar-refractivity contribution in [2.45, 2.75) is 51.5 Å². The Balaban J connectivity index is 1.32. The number of aromatic amines is 1. The maximum Gasteiger partial charge on any atom is 0.274 e. The third-order valence-corrected chi connectivity index (χ3v) is 8.61. The summed E-state index contributed by atoms with van der Waals surface area (Å²) in [5.74, 6) is 3.49. The van der Waals surface area contributed by atoms with Crippen molar-refractivity contribution in [1.82, 2.24) is 9.97 Å². The Kier molecular flexibility index (Phi) is 5.69. The Labute approximate surface area is 194 Å². The second-order valence-corrected chi connectivity index (χ2v) is 10.6. The number of nitrogens with one attached hydrogen (secondary N) is 2. The van der Waals surface area contributed by atoms with Gasteiger partial charge >= 0.3 is 0 Å². The number of fused-ring (bicyclic) bond motifs is 3. The fraction of sp³-hybridized carbons (Fsp3) is 0.560. The van der Waals surface area contributed by atoms with Crippen LogP contribution in [-0.4, -0.2) is 49.2 Å². The van der Waals surface area contributed by atoms with Gasteiger partial charge in [0.2, 0.25) is 0 Å². The van der Waals surface area contributed by atoms with E-state index in [0.717, 1.165) is 38.5 Å². The molecule has 3 aliphatic rings. The van der Waals surface area contributed by atoms with E-state index < -0.39 is 0 Å². The molecule has 2 fully saturated rings. The lowest BCUT2D eigenvalue weighted by molar-refractivity contribution is -0.919. The Morgan fingerprint density at radius 1 is 0.906 bits per heavy atom. The van der Waals surface area contributed by atoms with Crippen LogP contribution >= 0.6 is 11.3 Å². The predicted molar refractivity (Wildman–Crippen MR) is 130 cm³/mol. The molecule has 2 aliphatic heterocycles. The standard InChI is InChI=1S/C25H32N6S/c1-6-12-29(13-7-1)18-21-27-24(23-19-8-2-3-9-20(19)32-25(23)28-21)31-16-14-30(15-17-31)22-10-4-5-11-26-22/h4-5,10-11H,1-3,6-9,12-18H2/p+2. The van der Waals surface area contributed by atoms with Crippen molar-refractivity contribution in [3.63, 3.8) is 0 Å². The molecule has 6 rings (SSSR count). The SMILES string of the molecule is c1ccc(N2CCN(c3nc(C[NH+]4CCCCC4)nc4sc5c(c34)CCCC5)CC2)[nH+]c1. The highest BCUT2D eigenvalue weighted by molar-refractivity contribution is 7.19. The van der Waals surface area contributed by atoms with Crippen molar-refractivity contribution < 1.29 is 9.88 Å². The number of piperazine rings is 1. The van der Waals surface area contributed by atoms with Crippen molar-refractivity contribution in [3.8, 4) is 0 Å². The summed E-state index contributed by atoms with van der Waals surface area (Å²) < 4.78 is 0.